The van der Waals surface area contributed by atoms with Gasteiger partial charge in [-0.15, -0.1) is 0 Å². The standard InChI is InChI=1S/C7H10F3NO4S/c1-15-6(12)5-3-2-4-11(5)16(13,14)7(8,9)10/h5H,2-4H2,1H3. The topological polar surface area (TPSA) is 63.7 Å². The van der Waals surface area contributed by atoms with Gasteiger partial charge in [-0.3, -0.25) is 4.79 Å². The Kier molecular flexibility index (Phi) is 3.48. The Morgan fingerprint density at radius 2 is 2.00 bits per heavy atom. The molecule has 9 heteroatoms. The molecule has 5 nitrogen and oxygen atoms in total. The summed E-state index contributed by atoms with van der Waals surface area (Å²) in [7, 11) is -4.45. The summed E-state index contributed by atoms with van der Waals surface area (Å²) >= 11 is 0. The van der Waals surface area contributed by atoms with Gasteiger partial charge in [-0.1, -0.05) is 0 Å². The molecule has 1 rings (SSSR count). The first-order valence-electron chi connectivity index (χ1n) is 4.37. The van der Waals surface area contributed by atoms with Crippen molar-refractivity contribution in [3.8, 4) is 0 Å². The van der Waals surface area contributed by atoms with E-state index < -0.39 is 27.5 Å². The zero-order valence-corrected chi connectivity index (χ0v) is 9.14. The van der Waals surface area contributed by atoms with E-state index in [2.05, 4.69) is 4.74 Å². The summed E-state index contributed by atoms with van der Waals surface area (Å²) in [5.41, 5.74) is -5.39. The predicted molar refractivity (Wildman–Crippen MR) is 46.7 cm³/mol. The van der Waals surface area contributed by atoms with Crippen molar-refractivity contribution < 1.29 is 31.1 Å². The average Bonchev–Trinajstić information content (AvgIpc) is 2.63. The molecule has 1 atom stereocenters. The van der Waals surface area contributed by atoms with E-state index >= 15 is 0 Å². The lowest BCUT2D eigenvalue weighted by Crippen LogP contribution is -2.46. The third-order valence-electron chi connectivity index (χ3n) is 2.28. The van der Waals surface area contributed by atoms with Crippen molar-refractivity contribution in [2.24, 2.45) is 0 Å². The Bertz CT molecular complexity index is 378. The summed E-state index contributed by atoms with van der Waals surface area (Å²) in [5.74, 6) is -0.967. The largest absolute Gasteiger partial charge is 0.511 e. The summed E-state index contributed by atoms with van der Waals surface area (Å²) in [5, 5.41) is 0. The number of carbonyl (C=O) groups excluding carboxylic acids is 1. The van der Waals surface area contributed by atoms with Gasteiger partial charge in [0.2, 0.25) is 0 Å². The van der Waals surface area contributed by atoms with Crippen molar-refractivity contribution in [2.45, 2.75) is 24.4 Å². The van der Waals surface area contributed by atoms with Crippen molar-refractivity contribution in [3.05, 3.63) is 0 Å². The van der Waals surface area contributed by atoms with Gasteiger partial charge in [-0.2, -0.15) is 17.5 Å². The van der Waals surface area contributed by atoms with E-state index in [0.29, 0.717) is 0 Å². The maximum atomic E-state index is 12.2. The monoisotopic (exact) mass is 261 g/mol. The van der Waals surface area contributed by atoms with Crippen LogP contribution in [0.1, 0.15) is 12.8 Å². The molecule has 94 valence electrons. The smallest absolute Gasteiger partial charge is 0.468 e. The SMILES string of the molecule is COC(=O)C1CCCN1S(=O)(=O)C(F)(F)F. The van der Waals surface area contributed by atoms with Gasteiger partial charge >= 0.3 is 21.5 Å². The summed E-state index contributed by atoms with van der Waals surface area (Å²) in [6.45, 7) is -0.318. The fraction of sp³-hybridized carbons (Fsp3) is 0.857. The van der Waals surface area contributed by atoms with Crippen LogP contribution >= 0.6 is 0 Å². The number of hydrogen-bond donors (Lipinski definition) is 0. The highest BCUT2D eigenvalue weighted by molar-refractivity contribution is 7.90. The molecule has 0 saturated carbocycles. The molecule has 0 aliphatic carbocycles. The van der Waals surface area contributed by atoms with E-state index in [-0.39, 0.29) is 23.7 Å². The quantitative estimate of drug-likeness (QED) is 0.678. The molecule has 1 heterocycles. The number of methoxy groups -OCH3 is 1. The molecule has 16 heavy (non-hydrogen) atoms. The lowest BCUT2D eigenvalue weighted by molar-refractivity contribution is -0.144. The number of carbonyl (C=O) groups is 1. The molecule has 1 aliphatic heterocycles. The lowest BCUT2D eigenvalue weighted by atomic mass is 10.2. The number of sulfonamides is 1. The Morgan fingerprint density at radius 1 is 1.44 bits per heavy atom. The molecule has 0 radical (unpaired) electrons. The van der Waals surface area contributed by atoms with E-state index in [9.17, 15) is 26.4 Å². The van der Waals surface area contributed by atoms with Crippen molar-refractivity contribution in [1.82, 2.24) is 4.31 Å². The summed E-state index contributed by atoms with van der Waals surface area (Å²) in [6.07, 6.45) is 0.247. The Balaban J connectivity index is 3.01. The average molecular weight is 261 g/mol. The second kappa shape index (κ2) is 4.21. The van der Waals surface area contributed by atoms with Crippen LogP contribution in [0.2, 0.25) is 0 Å². The molecule has 1 fully saturated rings. The van der Waals surface area contributed by atoms with Crippen LogP contribution in [0.3, 0.4) is 0 Å². The maximum Gasteiger partial charge on any atom is 0.511 e. The van der Waals surface area contributed by atoms with Crippen LogP contribution in [0.15, 0.2) is 0 Å². The van der Waals surface area contributed by atoms with E-state index in [1.54, 1.807) is 0 Å². The summed E-state index contributed by atoms with van der Waals surface area (Å²) in [4.78, 5) is 11.1. The Morgan fingerprint density at radius 3 is 2.44 bits per heavy atom. The van der Waals surface area contributed by atoms with E-state index in [0.717, 1.165) is 7.11 Å². The number of alkyl halides is 3. The first-order chi connectivity index (χ1) is 7.21. The molecule has 0 bridgehead atoms. The first-order valence-corrected chi connectivity index (χ1v) is 5.81. The van der Waals surface area contributed by atoms with Crippen molar-refractivity contribution in [3.63, 3.8) is 0 Å². The second-order valence-corrected chi connectivity index (χ2v) is 5.12. The van der Waals surface area contributed by atoms with E-state index in [1.807, 2.05) is 0 Å². The zero-order chi connectivity index (χ0) is 12.6. The van der Waals surface area contributed by atoms with Gasteiger partial charge in [-0.25, -0.2) is 8.42 Å². The van der Waals surface area contributed by atoms with Crippen LogP contribution in [0.4, 0.5) is 13.2 Å². The Labute approximate surface area is 90.2 Å². The normalized spacial score (nSPS) is 23.4. The van der Waals surface area contributed by atoms with Crippen LogP contribution in [-0.4, -0.2) is 43.9 Å². The van der Waals surface area contributed by atoms with Gasteiger partial charge < -0.3 is 4.74 Å². The fourth-order valence-corrected chi connectivity index (χ4v) is 2.69. The highest BCUT2D eigenvalue weighted by Crippen LogP contribution is 2.32. The maximum absolute atomic E-state index is 12.2. The van der Waals surface area contributed by atoms with Crippen molar-refractivity contribution in [2.75, 3.05) is 13.7 Å². The molecule has 0 N–H and O–H groups in total. The van der Waals surface area contributed by atoms with Gasteiger partial charge in [-0.05, 0) is 12.8 Å². The van der Waals surface area contributed by atoms with Crippen molar-refractivity contribution in [1.29, 1.82) is 0 Å². The van der Waals surface area contributed by atoms with Crippen molar-refractivity contribution >= 4 is 16.0 Å². The molecule has 0 amide bonds. The minimum absolute atomic E-state index is 0.0436. The van der Waals surface area contributed by atoms with Gasteiger partial charge in [0.15, 0.2) is 0 Å². The number of rotatable bonds is 2. The van der Waals surface area contributed by atoms with Crippen LogP contribution in [0.25, 0.3) is 0 Å². The molecule has 1 aliphatic rings. The summed E-state index contributed by atoms with van der Waals surface area (Å²) < 4.78 is 63.3. The van der Waals surface area contributed by atoms with Crippen LogP contribution in [0, 0.1) is 0 Å². The molecule has 1 saturated heterocycles. The predicted octanol–water partition coefficient (Wildman–Crippen LogP) is 0.473. The van der Waals surface area contributed by atoms with E-state index in [4.69, 9.17) is 0 Å². The molecule has 0 aromatic heterocycles. The van der Waals surface area contributed by atoms with Crippen LogP contribution in [-0.2, 0) is 19.6 Å². The number of ether oxygens (including phenoxy) is 1. The Hall–Kier alpha value is -0.830. The van der Waals surface area contributed by atoms with Gasteiger partial charge in [0, 0.05) is 6.54 Å². The zero-order valence-electron chi connectivity index (χ0n) is 8.32. The fourth-order valence-electron chi connectivity index (χ4n) is 1.53. The van der Waals surface area contributed by atoms with Gasteiger partial charge in [0.05, 0.1) is 7.11 Å². The highest BCUT2D eigenvalue weighted by atomic mass is 32.2. The number of halogens is 3. The van der Waals surface area contributed by atoms with E-state index in [1.165, 1.54) is 0 Å². The minimum atomic E-state index is -5.45. The minimum Gasteiger partial charge on any atom is -0.468 e. The highest BCUT2D eigenvalue weighted by Gasteiger charge is 2.54. The van der Waals surface area contributed by atoms with Crippen LogP contribution in [0.5, 0.6) is 0 Å². The first kappa shape index (κ1) is 13.2. The molecule has 0 aromatic rings. The number of esters is 1. The summed E-state index contributed by atoms with van der Waals surface area (Å²) in [6, 6.07) is -1.36. The lowest BCUT2D eigenvalue weighted by Gasteiger charge is -2.22. The molecule has 0 aromatic carbocycles. The van der Waals surface area contributed by atoms with Gasteiger partial charge in [0.1, 0.15) is 6.04 Å². The van der Waals surface area contributed by atoms with Gasteiger partial charge in [0.25, 0.3) is 0 Å². The third-order valence-corrected chi connectivity index (χ3v) is 3.92. The van der Waals surface area contributed by atoms with Crippen LogP contribution < -0.4 is 0 Å². The molecular weight excluding hydrogens is 251 g/mol. The number of hydrogen-bond acceptors (Lipinski definition) is 4. The third kappa shape index (κ3) is 2.14. The molecule has 1 unspecified atom stereocenters. The molecular formula is C7H10F3NO4S. The molecule has 0 spiro atoms. The second-order valence-electron chi connectivity index (χ2n) is 3.24. The number of nitrogens with zero attached hydrogens (tertiary/aromatic N) is 1.